The minimum Gasteiger partial charge on any atom is -0.489 e. The smallest absolute Gasteiger partial charge is 0.307 e. The number of rotatable bonds is 3. The highest BCUT2D eigenvalue weighted by Crippen LogP contribution is 2.48. The number of hydrogen-bond acceptors (Lipinski definition) is 5. The van der Waals surface area contributed by atoms with Gasteiger partial charge in [-0.2, -0.15) is 0 Å². The van der Waals surface area contributed by atoms with Gasteiger partial charge < -0.3 is 14.6 Å². The second kappa shape index (κ2) is 5.98. The molecular weight excluding hydrogens is 336 g/mol. The number of carbonyl (C=O) groups excluding carboxylic acids is 2. The molecule has 2 unspecified atom stereocenters. The van der Waals surface area contributed by atoms with E-state index in [2.05, 4.69) is 0 Å². The van der Waals surface area contributed by atoms with Crippen LogP contribution in [0, 0.1) is 5.92 Å². The first kappa shape index (κ1) is 16.3. The number of fused-ring (bicyclic) bond motifs is 2. The molecule has 4 aliphatic rings. The Bertz CT molecular complexity index is 922. The van der Waals surface area contributed by atoms with E-state index in [1.54, 1.807) is 12.2 Å². The monoisotopic (exact) mass is 352 g/mol. The lowest BCUT2D eigenvalue weighted by atomic mass is 9.76. The summed E-state index contributed by atoms with van der Waals surface area (Å²) in [4.78, 5) is 35.0. The standard InChI is InChI=1S/C20H16O6/c1-10(21)5-13-8-16-19-12(7-14(25-16)9-17(23)24)6-11-3-2-4-15(22)18(11)20(19)26-13/h2-6,8,14,18H,7,9H2,1H3,(H,23,24)/b13-5-. The van der Waals surface area contributed by atoms with Crippen LogP contribution in [-0.4, -0.2) is 28.7 Å². The van der Waals surface area contributed by atoms with Gasteiger partial charge in [-0.25, -0.2) is 0 Å². The topological polar surface area (TPSA) is 89.9 Å². The van der Waals surface area contributed by atoms with E-state index >= 15 is 0 Å². The molecule has 1 N–H and O–H groups in total. The molecule has 2 atom stereocenters. The summed E-state index contributed by atoms with van der Waals surface area (Å²) in [5.41, 5.74) is 2.38. The van der Waals surface area contributed by atoms with Crippen LogP contribution in [-0.2, 0) is 23.9 Å². The first-order valence-electron chi connectivity index (χ1n) is 8.30. The molecule has 1 fully saturated rings. The quantitative estimate of drug-likeness (QED) is 0.785. The molecule has 0 bridgehead atoms. The predicted octanol–water partition coefficient (Wildman–Crippen LogP) is 2.51. The molecule has 1 saturated heterocycles. The Morgan fingerprint density at radius 1 is 1.35 bits per heavy atom. The van der Waals surface area contributed by atoms with Crippen LogP contribution < -0.4 is 0 Å². The van der Waals surface area contributed by atoms with Gasteiger partial charge in [0, 0.05) is 18.6 Å². The SMILES string of the molecule is CC(=O)/C=C1/C=C2OC(CC(=O)O)CC3=CC4=CC=CC(=O)C4C(=C32)O1. The third-order valence-electron chi connectivity index (χ3n) is 4.57. The number of aliphatic carboxylic acids is 1. The molecule has 0 radical (unpaired) electrons. The molecule has 0 spiro atoms. The van der Waals surface area contributed by atoms with Crippen LogP contribution in [0.5, 0.6) is 0 Å². The normalized spacial score (nSPS) is 27.5. The summed E-state index contributed by atoms with van der Waals surface area (Å²) in [5, 5.41) is 9.10. The number of carboxylic acids is 1. The van der Waals surface area contributed by atoms with Gasteiger partial charge in [0.1, 0.15) is 29.3 Å². The number of carboxylic acid groups (broad SMARTS) is 1. The van der Waals surface area contributed by atoms with Gasteiger partial charge in [-0.1, -0.05) is 18.2 Å². The number of allylic oxidation sites excluding steroid dienone is 8. The van der Waals surface area contributed by atoms with Crippen LogP contribution >= 0.6 is 0 Å². The summed E-state index contributed by atoms with van der Waals surface area (Å²) in [6, 6.07) is 0. The minimum absolute atomic E-state index is 0.101. The van der Waals surface area contributed by atoms with Crippen LogP contribution in [0.1, 0.15) is 19.8 Å². The van der Waals surface area contributed by atoms with Crippen molar-refractivity contribution in [2.75, 3.05) is 0 Å². The molecule has 0 aromatic carbocycles. The summed E-state index contributed by atoms with van der Waals surface area (Å²) in [6.07, 6.45) is 9.62. The molecule has 2 heterocycles. The Morgan fingerprint density at radius 3 is 2.88 bits per heavy atom. The molecule has 2 aliphatic carbocycles. The van der Waals surface area contributed by atoms with Gasteiger partial charge >= 0.3 is 5.97 Å². The third kappa shape index (κ3) is 2.73. The van der Waals surface area contributed by atoms with Gasteiger partial charge in [0.15, 0.2) is 11.6 Å². The zero-order valence-corrected chi connectivity index (χ0v) is 14.0. The molecule has 0 aromatic rings. The summed E-state index contributed by atoms with van der Waals surface area (Å²) in [5.74, 6) is -0.639. The van der Waals surface area contributed by atoms with Crippen molar-refractivity contribution in [3.8, 4) is 0 Å². The first-order chi connectivity index (χ1) is 12.4. The summed E-state index contributed by atoms with van der Waals surface area (Å²) < 4.78 is 11.8. The fourth-order valence-corrected chi connectivity index (χ4v) is 3.65. The van der Waals surface area contributed by atoms with E-state index < -0.39 is 18.0 Å². The van der Waals surface area contributed by atoms with Crippen LogP contribution in [0.25, 0.3) is 0 Å². The number of hydrogen-bond donors (Lipinski definition) is 1. The molecule has 26 heavy (non-hydrogen) atoms. The van der Waals surface area contributed by atoms with E-state index in [4.69, 9.17) is 14.6 Å². The maximum atomic E-state index is 12.4. The number of ether oxygens (including phenoxy) is 2. The van der Waals surface area contributed by atoms with Crippen molar-refractivity contribution in [1.82, 2.24) is 0 Å². The van der Waals surface area contributed by atoms with Crippen molar-refractivity contribution in [1.29, 1.82) is 0 Å². The van der Waals surface area contributed by atoms with Gasteiger partial charge in [0.25, 0.3) is 0 Å². The van der Waals surface area contributed by atoms with E-state index in [0.717, 1.165) is 11.1 Å². The van der Waals surface area contributed by atoms with E-state index in [-0.39, 0.29) is 23.7 Å². The van der Waals surface area contributed by atoms with Crippen molar-refractivity contribution in [3.63, 3.8) is 0 Å². The van der Waals surface area contributed by atoms with E-state index in [1.165, 1.54) is 19.1 Å². The largest absolute Gasteiger partial charge is 0.489 e. The molecule has 0 aromatic heterocycles. The fraction of sp³-hybridized carbons (Fsp3) is 0.250. The summed E-state index contributed by atoms with van der Waals surface area (Å²) >= 11 is 0. The zero-order valence-electron chi connectivity index (χ0n) is 14.0. The Kier molecular flexibility index (Phi) is 3.76. The molecule has 6 heteroatoms. The molecule has 0 amide bonds. The van der Waals surface area contributed by atoms with E-state index in [1.807, 2.05) is 12.2 Å². The van der Waals surface area contributed by atoms with Crippen LogP contribution in [0.15, 0.2) is 70.5 Å². The molecule has 4 rings (SSSR count). The van der Waals surface area contributed by atoms with E-state index in [0.29, 0.717) is 23.5 Å². The minimum atomic E-state index is -0.945. The lowest BCUT2D eigenvalue weighted by molar-refractivity contribution is -0.139. The van der Waals surface area contributed by atoms with Crippen molar-refractivity contribution >= 4 is 17.5 Å². The number of carbonyl (C=O) groups is 3. The Morgan fingerprint density at radius 2 is 2.15 bits per heavy atom. The van der Waals surface area contributed by atoms with Gasteiger partial charge in [-0.05, 0) is 24.1 Å². The average Bonchev–Trinajstić information content (AvgIpc) is 2.53. The lowest BCUT2D eigenvalue weighted by Crippen LogP contribution is -2.33. The molecule has 2 aliphatic heterocycles. The zero-order chi connectivity index (χ0) is 18.4. The van der Waals surface area contributed by atoms with Gasteiger partial charge in [0.2, 0.25) is 0 Å². The maximum Gasteiger partial charge on any atom is 0.307 e. The van der Waals surface area contributed by atoms with Crippen molar-refractivity contribution in [3.05, 3.63) is 70.5 Å². The fourth-order valence-electron chi connectivity index (χ4n) is 3.65. The highest BCUT2D eigenvalue weighted by Gasteiger charge is 2.42. The third-order valence-corrected chi connectivity index (χ3v) is 4.57. The second-order valence-corrected chi connectivity index (χ2v) is 6.58. The molecule has 0 saturated carbocycles. The molecule has 132 valence electrons. The molecular formula is C20H16O6. The van der Waals surface area contributed by atoms with Gasteiger partial charge in [-0.3, -0.25) is 14.4 Å². The van der Waals surface area contributed by atoms with Gasteiger partial charge in [-0.15, -0.1) is 0 Å². The first-order valence-corrected chi connectivity index (χ1v) is 8.30. The maximum absolute atomic E-state index is 12.4. The summed E-state index contributed by atoms with van der Waals surface area (Å²) in [6.45, 7) is 1.40. The lowest BCUT2D eigenvalue weighted by Gasteiger charge is -2.38. The molecule has 6 nitrogen and oxygen atoms in total. The average molecular weight is 352 g/mol. The Labute approximate surface area is 149 Å². The second-order valence-electron chi connectivity index (χ2n) is 6.58. The van der Waals surface area contributed by atoms with Crippen LogP contribution in [0.4, 0.5) is 0 Å². The van der Waals surface area contributed by atoms with E-state index in [9.17, 15) is 14.4 Å². The predicted molar refractivity (Wildman–Crippen MR) is 90.5 cm³/mol. The van der Waals surface area contributed by atoms with Crippen molar-refractivity contribution < 1.29 is 29.0 Å². The number of ketones is 2. The van der Waals surface area contributed by atoms with Gasteiger partial charge in [0.05, 0.1) is 12.0 Å². The van der Waals surface area contributed by atoms with Crippen molar-refractivity contribution in [2.24, 2.45) is 5.92 Å². The summed E-state index contributed by atoms with van der Waals surface area (Å²) in [7, 11) is 0. The Balaban J connectivity index is 1.84. The van der Waals surface area contributed by atoms with Crippen LogP contribution in [0.2, 0.25) is 0 Å². The Hall–Kier alpha value is -3.15. The van der Waals surface area contributed by atoms with Crippen LogP contribution in [0.3, 0.4) is 0 Å². The highest BCUT2D eigenvalue weighted by atomic mass is 16.5. The van der Waals surface area contributed by atoms with Crippen molar-refractivity contribution in [2.45, 2.75) is 25.9 Å². The highest BCUT2D eigenvalue weighted by molar-refractivity contribution is 5.99.